The number of amides is 2. The van der Waals surface area contributed by atoms with Crippen molar-refractivity contribution >= 4 is 34.5 Å². The molecule has 0 aliphatic carbocycles. The number of alkyl halides is 3. The van der Waals surface area contributed by atoms with Crippen molar-refractivity contribution in [2.75, 3.05) is 38.2 Å². The molecule has 6 rings (SSSR count). The quantitative estimate of drug-likeness (QED) is 0.377. The molecule has 40 heavy (non-hydrogen) atoms. The lowest BCUT2D eigenvalue weighted by Crippen LogP contribution is -2.36. The molecule has 8 nitrogen and oxygen atoms in total. The van der Waals surface area contributed by atoms with Crippen molar-refractivity contribution in [3.8, 4) is 0 Å². The van der Waals surface area contributed by atoms with Crippen LogP contribution in [0.4, 0.5) is 18.9 Å². The fourth-order valence-electron chi connectivity index (χ4n) is 5.18. The highest BCUT2D eigenvalue weighted by molar-refractivity contribution is 7.10. The Morgan fingerprint density at radius 3 is 2.73 bits per heavy atom. The largest absolute Gasteiger partial charge is 0.416 e. The Hall–Kier alpha value is -3.74. The molecule has 4 aromatic rings. The minimum absolute atomic E-state index is 0.100. The van der Waals surface area contributed by atoms with Gasteiger partial charge in [0.2, 0.25) is 0 Å². The van der Waals surface area contributed by atoms with Gasteiger partial charge < -0.3 is 15.0 Å². The lowest BCUT2D eigenvalue weighted by molar-refractivity contribution is -0.137. The first kappa shape index (κ1) is 26.5. The van der Waals surface area contributed by atoms with E-state index in [-0.39, 0.29) is 11.6 Å². The third-order valence-corrected chi connectivity index (χ3v) is 8.22. The molecular weight excluding hydrogens is 543 g/mol. The molecule has 1 fully saturated rings. The molecule has 1 saturated heterocycles. The average molecular weight is 570 g/mol. The van der Waals surface area contributed by atoms with Gasteiger partial charge in [-0.25, -0.2) is 4.98 Å². The Morgan fingerprint density at radius 2 is 1.93 bits per heavy atom. The third kappa shape index (κ3) is 5.34. The number of ether oxygens (including phenoxy) is 1. The Morgan fingerprint density at radius 1 is 1.10 bits per heavy atom. The molecule has 0 atom stereocenters. The van der Waals surface area contributed by atoms with Crippen molar-refractivity contribution in [2.45, 2.75) is 25.7 Å². The van der Waals surface area contributed by atoms with Gasteiger partial charge in [-0.3, -0.25) is 18.9 Å². The molecule has 0 radical (unpaired) electrons. The summed E-state index contributed by atoms with van der Waals surface area (Å²) < 4.78 is 48.1. The van der Waals surface area contributed by atoms with E-state index in [1.807, 2.05) is 23.1 Å². The van der Waals surface area contributed by atoms with Gasteiger partial charge >= 0.3 is 6.18 Å². The van der Waals surface area contributed by atoms with Crippen molar-refractivity contribution in [3.63, 3.8) is 0 Å². The maximum atomic E-state index is 13.7. The number of hydrogen-bond acceptors (Lipinski definition) is 6. The molecule has 3 aromatic heterocycles. The maximum absolute atomic E-state index is 13.7. The zero-order valence-electron chi connectivity index (χ0n) is 21.4. The average Bonchev–Trinajstić information content (AvgIpc) is 3.57. The number of morpholine rings is 1. The molecule has 12 heteroatoms. The number of carbonyl (C=O) groups excluding carboxylic acids is 2. The smallest absolute Gasteiger partial charge is 0.379 e. The summed E-state index contributed by atoms with van der Waals surface area (Å²) >= 11 is 1.37. The number of nitrogens with one attached hydrogen (secondary N) is 1. The SMILES string of the molecule is O=C(Nc1cc(CN2CCOCC2)cc(C(F)(F)F)c1)c1csc2c1CCN(C(=O)c1cnc3ccccn13)C2. The van der Waals surface area contributed by atoms with E-state index >= 15 is 0 Å². The number of fused-ring (bicyclic) bond motifs is 2. The number of hydrogen-bond donors (Lipinski definition) is 1. The predicted molar refractivity (Wildman–Crippen MR) is 143 cm³/mol. The van der Waals surface area contributed by atoms with Crippen LogP contribution in [0.5, 0.6) is 0 Å². The summed E-state index contributed by atoms with van der Waals surface area (Å²) in [4.78, 5) is 35.4. The van der Waals surface area contributed by atoms with E-state index in [1.165, 1.54) is 11.3 Å². The monoisotopic (exact) mass is 569 g/mol. The van der Waals surface area contributed by atoms with Crippen molar-refractivity contribution < 1.29 is 27.5 Å². The van der Waals surface area contributed by atoms with E-state index in [0.29, 0.717) is 74.8 Å². The van der Waals surface area contributed by atoms with E-state index < -0.39 is 17.6 Å². The Balaban J connectivity index is 1.19. The van der Waals surface area contributed by atoms with E-state index in [0.717, 1.165) is 22.6 Å². The zero-order chi connectivity index (χ0) is 27.9. The van der Waals surface area contributed by atoms with Crippen molar-refractivity contribution in [2.24, 2.45) is 0 Å². The summed E-state index contributed by atoms with van der Waals surface area (Å²) in [5, 5.41) is 4.41. The van der Waals surface area contributed by atoms with E-state index in [9.17, 15) is 22.8 Å². The molecule has 2 aliphatic rings. The van der Waals surface area contributed by atoms with E-state index in [4.69, 9.17) is 4.74 Å². The van der Waals surface area contributed by atoms with Gasteiger partial charge in [0.1, 0.15) is 11.3 Å². The number of anilines is 1. The first-order valence-corrected chi connectivity index (χ1v) is 13.8. The van der Waals surface area contributed by atoms with Gasteiger partial charge in [0.15, 0.2) is 0 Å². The number of benzene rings is 1. The van der Waals surface area contributed by atoms with Crippen LogP contribution in [0.1, 0.15) is 42.4 Å². The number of aromatic nitrogens is 2. The molecule has 208 valence electrons. The molecule has 2 amide bonds. The lowest BCUT2D eigenvalue weighted by atomic mass is 10.0. The van der Waals surface area contributed by atoms with E-state index in [1.54, 1.807) is 33.1 Å². The van der Waals surface area contributed by atoms with E-state index in [2.05, 4.69) is 10.3 Å². The summed E-state index contributed by atoms with van der Waals surface area (Å²) in [5.74, 6) is -0.615. The van der Waals surface area contributed by atoms with Crippen molar-refractivity contribution in [1.29, 1.82) is 0 Å². The highest BCUT2D eigenvalue weighted by atomic mass is 32.1. The highest BCUT2D eigenvalue weighted by Crippen LogP contribution is 2.34. The van der Waals surface area contributed by atoms with Gasteiger partial charge in [0.25, 0.3) is 11.8 Å². The number of pyridine rings is 1. The Labute approximate surface area is 232 Å². The van der Waals surface area contributed by atoms with Crippen LogP contribution in [0.25, 0.3) is 5.65 Å². The Bertz CT molecular complexity index is 1570. The number of carbonyl (C=O) groups is 2. The minimum atomic E-state index is -4.54. The molecule has 0 spiro atoms. The van der Waals surface area contributed by atoms with Crippen LogP contribution in [0.3, 0.4) is 0 Å². The van der Waals surface area contributed by atoms with Gasteiger partial charge in [-0.1, -0.05) is 6.07 Å². The van der Waals surface area contributed by atoms with Crippen LogP contribution in [-0.2, 0) is 30.4 Å². The number of imidazole rings is 1. The van der Waals surface area contributed by atoms with Crippen LogP contribution in [0, 0.1) is 0 Å². The fourth-order valence-corrected chi connectivity index (χ4v) is 6.27. The van der Waals surface area contributed by atoms with Gasteiger partial charge in [-0.05, 0) is 47.9 Å². The van der Waals surface area contributed by atoms with Crippen molar-refractivity contribution in [1.82, 2.24) is 19.2 Å². The predicted octanol–water partition coefficient (Wildman–Crippen LogP) is 4.70. The van der Waals surface area contributed by atoms with Crippen LogP contribution in [-0.4, -0.2) is 63.8 Å². The summed E-state index contributed by atoms with van der Waals surface area (Å²) in [5.41, 5.74) is 2.17. The second-order valence-corrected chi connectivity index (χ2v) is 10.8. The first-order chi connectivity index (χ1) is 19.3. The summed E-state index contributed by atoms with van der Waals surface area (Å²) in [6, 6.07) is 9.21. The highest BCUT2D eigenvalue weighted by Gasteiger charge is 2.32. The summed E-state index contributed by atoms with van der Waals surface area (Å²) in [7, 11) is 0. The van der Waals surface area contributed by atoms with Crippen LogP contribution >= 0.6 is 11.3 Å². The Kier molecular flexibility index (Phi) is 7.07. The number of nitrogens with zero attached hydrogens (tertiary/aromatic N) is 4. The first-order valence-electron chi connectivity index (χ1n) is 12.9. The van der Waals surface area contributed by atoms with Crippen LogP contribution in [0.15, 0.2) is 54.2 Å². The topological polar surface area (TPSA) is 79.2 Å². The third-order valence-electron chi connectivity index (χ3n) is 7.20. The molecule has 1 N–H and O–H groups in total. The van der Waals surface area contributed by atoms with Gasteiger partial charge in [0, 0.05) is 48.3 Å². The van der Waals surface area contributed by atoms with Gasteiger partial charge in [0.05, 0.1) is 37.1 Å². The standard InChI is InChI=1S/C28H26F3N5O3S/c29-28(30,31)19-11-18(15-34-7-9-39-10-8-34)12-20(13-19)33-26(37)22-17-40-24-16-35(6-4-21(22)24)27(38)23-14-32-25-3-1-2-5-36(23)25/h1-3,5,11-14,17H,4,6-10,15-16H2,(H,33,37). The lowest BCUT2D eigenvalue weighted by Gasteiger charge is -2.27. The molecule has 5 heterocycles. The number of rotatable bonds is 5. The molecule has 0 bridgehead atoms. The molecule has 2 aliphatic heterocycles. The fraction of sp³-hybridized carbons (Fsp3) is 0.321. The molecule has 1 aromatic carbocycles. The normalized spacial score (nSPS) is 16.2. The van der Waals surface area contributed by atoms with Crippen LogP contribution < -0.4 is 5.32 Å². The minimum Gasteiger partial charge on any atom is -0.379 e. The number of thiophene rings is 1. The second-order valence-electron chi connectivity index (χ2n) is 9.86. The number of halogens is 3. The maximum Gasteiger partial charge on any atom is 0.416 e. The van der Waals surface area contributed by atoms with Crippen molar-refractivity contribution in [3.05, 3.63) is 87.0 Å². The second kappa shape index (κ2) is 10.7. The zero-order valence-corrected chi connectivity index (χ0v) is 22.2. The van der Waals surface area contributed by atoms with Gasteiger partial charge in [-0.2, -0.15) is 13.2 Å². The summed E-state index contributed by atoms with van der Waals surface area (Å²) in [6.45, 7) is 3.43. The van der Waals surface area contributed by atoms with Gasteiger partial charge in [-0.15, -0.1) is 11.3 Å². The molecule has 0 saturated carbocycles. The molecule has 0 unspecified atom stereocenters. The summed E-state index contributed by atoms with van der Waals surface area (Å²) in [6.07, 6.45) is -0.727. The molecular formula is C28H26F3N5O3S. The van der Waals surface area contributed by atoms with Crippen LogP contribution in [0.2, 0.25) is 0 Å².